The van der Waals surface area contributed by atoms with Gasteiger partial charge in [-0.25, -0.2) is 4.79 Å². The number of carbonyl (C=O) groups excluding carboxylic acids is 3. The number of allylic oxidation sites excluding steroid dienone is 3. The average Bonchev–Trinajstić information content (AvgIpc) is 2.72. The largest absolute Gasteiger partial charge is 0.466 e. The number of aryl methyl sites for hydroxylation is 1. The van der Waals surface area contributed by atoms with E-state index in [-0.39, 0.29) is 18.0 Å². The van der Waals surface area contributed by atoms with Crippen molar-refractivity contribution in [2.75, 3.05) is 7.11 Å². The molecule has 2 rings (SSSR count). The SMILES string of the molecule is COC(=O)/C=C/C=C/C(=O)CC(Sc1ccc(C)cc1)C(=O)c1ccccc1. The Morgan fingerprint density at radius 2 is 1.61 bits per heavy atom. The lowest BCUT2D eigenvalue weighted by Gasteiger charge is -2.14. The van der Waals surface area contributed by atoms with E-state index in [0.29, 0.717) is 5.56 Å². The monoisotopic (exact) mass is 394 g/mol. The molecule has 2 aromatic carbocycles. The molecule has 0 N–H and O–H groups in total. The molecule has 0 aromatic heterocycles. The maximum Gasteiger partial charge on any atom is 0.330 e. The lowest BCUT2D eigenvalue weighted by Crippen LogP contribution is -2.20. The van der Waals surface area contributed by atoms with E-state index < -0.39 is 11.2 Å². The fourth-order valence-corrected chi connectivity index (χ4v) is 3.49. The molecule has 0 fully saturated rings. The first-order valence-corrected chi connectivity index (χ1v) is 9.65. The van der Waals surface area contributed by atoms with E-state index in [9.17, 15) is 14.4 Å². The fourth-order valence-electron chi connectivity index (χ4n) is 2.37. The summed E-state index contributed by atoms with van der Waals surface area (Å²) in [6, 6.07) is 16.8. The van der Waals surface area contributed by atoms with Crippen LogP contribution in [0, 0.1) is 6.92 Å². The Hall–Kier alpha value is -2.92. The Morgan fingerprint density at radius 3 is 2.25 bits per heavy atom. The van der Waals surface area contributed by atoms with Gasteiger partial charge in [-0.2, -0.15) is 0 Å². The van der Waals surface area contributed by atoms with Crippen LogP contribution in [0.15, 0.2) is 83.8 Å². The number of hydrogen-bond acceptors (Lipinski definition) is 5. The minimum absolute atomic E-state index is 0.0643. The summed E-state index contributed by atoms with van der Waals surface area (Å²) in [5.74, 6) is -0.773. The van der Waals surface area contributed by atoms with E-state index in [1.165, 1.54) is 43.2 Å². The number of ether oxygens (including phenoxy) is 1. The van der Waals surface area contributed by atoms with E-state index in [1.807, 2.05) is 37.3 Å². The van der Waals surface area contributed by atoms with Gasteiger partial charge < -0.3 is 4.74 Å². The maximum absolute atomic E-state index is 12.9. The highest BCUT2D eigenvalue weighted by atomic mass is 32.2. The summed E-state index contributed by atoms with van der Waals surface area (Å²) >= 11 is 1.38. The first-order chi connectivity index (χ1) is 13.5. The van der Waals surface area contributed by atoms with Gasteiger partial charge in [0.25, 0.3) is 0 Å². The number of esters is 1. The maximum atomic E-state index is 12.9. The third kappa shape index (κ3) is 7.00. The number of hydrogen-bond donors (Lipinski definition) is 0. The molecule has 4 nitrogen and oxygen atoms in total. The normalized spacial score (nSPS) is 12.2. The summed E-state index contributed by atoms with van der Waals surface area (Å²) in [6.07, 6.45) is 5.55. The number of carbonyl (C=O) groups is 3. The standard InChI is InChI=1S/C23H22O4S/c1-17-12-14-20(15-13-17)28-21(23(26)18-8-4-3-5-9-18)16-19(24)10-6-7-11-22(25)27-2/h3-15,21H,16H2,1-2H3/b10-6+,11-7+. The van der Waals surface area contributed by atoms with Gasteiger partial charge in [-0.15, -0.1) is 11.8 Å². The second kappa shape index (κ2) is 11.0. The minimum atomic E-state index is -0.535. The number of Topliss-reactive ketones (excluding diaryl/α,β-unsaturated/α-hetero) is 1. The van der Waals surface area contributed by atoms with Crippen molar-refractivity contribution in [1.82, 2.24) is 0 Å². The molecule has 0 heterocycles. The Morgan fingerprint density at radius 1 is 0.964 bits per heavy atom. The second-order valence-corrected chi connectivity index (χ2v) is 7.34. The molecule has 2 aromatic rings. The molecule has 0 saturated carbocycles. The van der Waals surface area contributed by atoms with E-state index in [0.717, 1.165) is 10.5 Å². The van der Waals surface area contributed by atoms with Crippen LogP contribution in [-0.4, -0.2) is 29.9 Å². The summed E-state index contributed by atoms with van der Waals surface area (Å²) < 4.78 is 4.48. The number of ketones is 2. The van der Waals surface area contributed by atoms with Crippen LogP contribution < -0.4 is 0 Å². The van der Waals surface area contributed by atoms with Crippen LogP contribution in [0.1, 0.15) is 22.3 Å². The molecular formula is C23H22O4S. The molecule has 0 bridgehead atoms. The molecule has 28 heavy (non-hydrogen) atoms. The molecule has 0 radical (unpaired) electrons. The molecule has 1 atom stereocenters. The molecule has 0 amide bonds. The summed E-state index contributed by atoms with van der Waals surface area (Å²) in [4.78, 5) is 37.2. The Bertz CT molecular complexity index is 867. The van der Waals surface area contributed by atoms with Crippen molar-refractivity contribution in [1.29, 1.82) is 0 Å². The van der Waals surface area contributed by atoms with Gasteiger partial charge in [-0.05, 0) is 25.1 Å². The Balaban J connectivity index is 2.13. The quantitative estimate of drug-likeness (QED) is 0.205. The summed E-state index contributed by atoms with van der Waals surface area (Å²) in [5, 5.41) is -0.535. The van der Waals surface area contributed by atoms with E-state index in [1.54, 1.807) is 24.3 Å². The lowest BCUT2D eigenvalue weighted by atomic mass is 10.0. The van der Waals surface area contributed by atoms with Crippen molar-refractivity contribution >= 4 is 29.3 Å². The molecule has 0 aliphatic heterocycles. The van der Waals surface area contributed by atoms with Crippen molar-refractivity contribution in [3.63, 3.8) is 0 Å². The molecule has 1 unspecified atom stereocenters. The van der Waals surface area contributed by atoms with E-state index in [4.69, 9.17) is 0 Å². The highest BCUT2D eigenvalue weighted by Crippen LogP contribution is 2.28. The fraction of sp³-hybridized carbons (Fsp3) is 0.174. The Labute approximate surface area is 169 Å². The van der Waals surface area contributed by atoms with Crippen molar-refractivity contribution in [2.24, 2.45) is 0 Å². The van der Waals surface area contributed by atoms with Gasteiger partial charge >= 0.3 is 5.97 Å². The highest BCUT2D eigenvalue weighted by molar-refractivity contribution is 8.00. The van der Waals surface area contributed by atoms with Gasteiger partial charge in [0, 0.05) is 23.0 Å². The van der Waals surface area contributed by atoms with Crippen LogP contribution in [-0.2, 0) is 14.3 Å². The van der Waals surface area contributed by atoms with Crippen LogP contribution in [0.5, 0.6) is 0 Å². The summed E-state index contributed by atoms with van der Waals surface area (Å²) in [6.45, 7) is 2.00. The molecule has 0 spiro atoms. The van der Waals surface area contributed by atoms with Gasteiger partial charge in [-0.3, -0.25) is 9.59 Å². The van der Waals surface area contributed by atoms with Crippen molar-refractivity contribution in [3.8, 4) is 0 Å². The van der Waals surface area contributed by atoms with Crippen LogP contribution in [0.3, 0.4) is 0 Å². The second-order valence-electron chi connectivity index (χ2n) is 6.06. The zero-order chi connectivity index (χ0) is 20.4. The Kier molecular flexibility index (Phi) is 8.43. The van der Waals surface area contributed by atoms with Crippen LogP contribution in [0.2, 0.25) is 0 Å². The molecule has 0 saturated heterocycles. The van der Waals surface area contributed by atoms with Crippen molar-refractivity contribution < 1.29 is 19.1 Å². The van der Waals surface area contributed by atoms with Gasteiger partial charge in [0.1, 0.15) is 0 Å². The minimum Gasteiger partial charge on any atom is -0.466 e. The van der Waals surface area contributed by atoms with Gasteiger partial charge in [0.2, 0.25) is 0 Å². The number of benzene rings is 2. The third-order valence-electron chi connectivity index (χ3n) is 3.86. The zero-order valence-electron chi connectivity index (χ0n) is 15.8. The van der Waals surface area contributed by atoms with Crippen LogP contribution in [0.4, 0.5) is 0 Å². The van der Waals surface area contributed by atoms with Crippen LogP contribution in [0.25, 0.3) is 0 Å². The first kappa shape index (κ1) is 21.4. The molecule has 0 aliphatic carbocycles. The van der Waals surface area contributed by atoms with E-state index >= 15 is 0 Å². The number of methoxy groups -OCH3 is 1. The third-order valence-corrected chi connectivity index (χ3v) is 5.07. The van der Waals surface area contributed by atoms with Crippen LogP contribution >= 0.6 is 11.8 Å². The predicted octanol–water partition coefficient (Wildman–Crippen LogP) is 4.58. The lowest BCUT2D eigenvalue weighted by molar-refractivity contribution is -0.134. The average molecular weight is 394 g/mol. The van der Waals surface area contributed by atoms with Gasteiger partial charge in [0.15, 0.2) is 11.6 Å². The zero-order valence-corrected chi connectivity index (χ0v) is 16.6. The van der Waals surface area contributed by atoms with Gasteiger partial charge in [0.05, 0.1) is 12.4 Å². The number of rotatable bonds is 9. The van der Waals surface area contributed by atoms with Crippen molar-refractivity contribution in [3.05, 3.63) is 90.0 Å². The number of thioether (sulfide) groups is 1. The topological polar surface area (TPSA) is 60.4 Å². The smallest absolute Gasteiger partial charge is 0.330 e. The molecule has 5 heteroatoms. The van der Waals surface area contributed by atoms with Gasteiger partial charge in [-0.1, -0.05) is 60.2 Å². The van der Waals surface area contributed by atoms with Crippen molar-refractivity contribution in [2.45, 2.75) is 23.5 Å². The molecular weight excluding hydrogens is 372 g/mol. The van der Waals surface area contributed by atoms with E-state index in [2.05, 4.69) is 4.74 Å². The predicted molar refractivity (Wildman–Crippen MR) is 112 cm³/mol. The molecule has 0 aliphatic rings. The highest BCUT2D eigenvalue weighted by Gasteiger charge is 2.23. The first-order valence-electron chi connectivity index (χ1n) is 8.77. The molecule has 144 valence electrons. The summed E-state index contributed by atoms with van der Waals surface area (Å²) in [5.41, 5.74) is 1.71. The summed E-state index contributed by atoms with van der Waals surface area (Å²) in [7, 11) is 1.28.